The Hall–Kier alpha value is -2.63. The van der Waals surface area contributed by atoms with Crippen LogP contribution in [0.15, 0.2) is 36.5 Å². The van der Waals surface area contributed by atoms with E-state index < -0.39 is 0 Å². The lowest BCUT2D eigenvalue weighted by Gasteiger charge is -2.32. The van der Waals surface area contributed by atoms with Crippen LogP contribution in [0.3, 0.4) is 0 Å². The molecule has 4 rings (SSSR count). The van der Waals surface area contributed by atoms with Gasteiger partial charge in [-0.05, 0) is 55.9 Å². The summed E-state index contributed by atoms with van der Waals surface area (Å²) < 4.78 is 0. The number of nitrogens with one attached hydrogen (secondary N) is 2. The molecule has 2 aliphatic rings. The molecular weight excluding hydrogens is 374 g/mol. The van der Waals surface area contributed by atoms with Crippen LogP contribution in [0.5, 0.6) is 0 Å². The molecule has 2 aromatic rings. The molecule has 2 aromatic heterocycles. The summed E-state index contributed by atoms with van der Waals surface area (Å²) >= 11 is 0. The Morgan fingerprint density at radius 3 is 2.80 bits per heavy atom. The molecule has 6 heteroatoms. The van der Waals surface area contributed by atoms with Crippen LogP contribution in [-0.2, 0) is 4.79 Å². The second-order valence-electron chi connectivity index (χ2n) is 8.67. The molecule has 1 aliphatic carbocycles. The lowest BCUT2D eigenvalue weighted by Crippen LogP contribution is -2.40. The van der Waals surface area contributed by atoms with Crippen molar-refractivity contribution in [1.29, 1.82) is 0 Å². The van der Waals surface area contributed by atoms with E-state index in [4.69, 9.17) is 4.98 Å². The number of piperidine rings is 1. The van der Waals surface area contributed by atoms with Crippen LogP contribution >= 0.6 is 0 Å². The van der Waals surface area contributed by atoms with Gasteiger partial charge in [-0.1, -0.05) is 25.3 Å². The van der Waals surface area contributed by atoms with Gasteiger partial charge in [-0.3, -0.25) is 4.79 Å². The van der Waals surface area contributed by atoms with E-state index in [0.717, 1.165) is 55.4 Å². The molecular formula is C24H33N5O. The first kappa shape index (κ1) is 20.6. The minimum Gasteiger partial charge on any atom is -0.370 e. The molecule has 0 bridgehead atoms. The largest absolute Gasteiger partial charge is 0.370 e. The number of hydrogen-bond acceptors (Lipinski definition) is 5. The maximum atomic E-state index is 11.7. The molecule has 6 nitrogen and oxygen atoms in total. The van der Waals surface area contributed by atoms with Crippen LogP contribution in [-0.4, -0.2) is 46.5 Å². The van der Waals surface area contributed by atoms with E-state index >= 15 is 0 Å². The topological polar surface area (TPSA) is 70.2 Å². The first-order chi connectivity index (χ1) is 14.7. The van der Waals surface area contributed by atoms with Crippen molar-refractivity contribution in [3.05, 3.63) is 36.5 Å². The summed E-state index contributed by atoms with van der Waals surface area (Å²) in [4.78, 5) is 22.9. The Bertz CT molecular complexity index is 849. The summed E-state index contributed by atoms with van der Waals surface area (Å²) in [5.74, 6) is 2.47. The van der Waals surface area contributed by atoms with E-state index in [-0.39, 0.29) is 5.91 Å². The monoisotopic (exact) mass is 407 g/mol. The molecule has 0 aromatic carbocycles. The number of nitrogens with zero attached hydrogens (tertiary/aromatic N) is 3. The van der Waals surface area contributed by atoms with Crippen molar-refractivity contribution < 1.29 is 4.79 Å². The Kier molecular flexibility index (Phi) is 6.82. The van der Waals surface area contributed by atoms with Crippen molar-refractivity contribution in [2.45, 2.75) is 57.9 Å². The molecule has 1 atom stereocenters. The number of pyridine rings is 2. The summed E-state index contributed by atoms with van der Waals surface area (Å²) in [7, 11) is 0. The lowest BCUT2D eigenvalue weighted by atomic mass is 9.95. The Labute approximate surface area is 179 Å². The fourth-order valence-corrected chi connectivity index (χ4v) is 4.59. The maximum Gasteiger partial charge on any atom is 0.219 e. The third kappa shape index (κ3) is 5.49. The van der Waals surface area contributed by atoms with Gasteiger partial charge < -0.3 is 15.5 Å². The smallest absolute Gasteiger partial charge is 0.219 e. The summed E-state index contributed by atoms with van der Waals surface area (Å²) in [5.41, 5.74) is 2.02. The Morgan fingerprint density at radius 1 is 1.10 bits per heavy atom. The molecule has 1 saturated heterocycles. The van der Waals surface area contributed by atoms with Crippen molar-refractivity contribution in [2.24, 2.45) is 5.92 Å². The van der Waals surface area contributed by atoms with Crippen molar-refractivity contribution in [3.8, 4) is 11.3 Å². The van der Waals surface area contributed by atoms with Gasteiger partial charge in [0, 0.05) is 44.4 Å². The van der Waals surface area contributed by atoms with E-state index in [0.29, 0.717) is 12.0 Å². The third-order valence-corrected chi connectivity index (χ3v) is 6.30. The molecule has 1 aliphatic heterocycles. The fourth-order valence-electron chi connectivity index (χ4n) is 4.59. The summed E-state index contributed by atoms with van der Waals surface area (Å²) in [5, 5.41) is 7.08. The van der Waals surface area contributed by atoms with Crippen molar-refractivity contribution in [2.75, 3.05) is 30.3 Å². The Balaban J connectivity index is 1.38. The lowest BCUT2D eigenvalue weighted by molar-refractivity contribution is -0.130. The van der Waals surface area contributed by atoms with Crippen LogP contribution in [0.4, 0.5) is 11.6 Å². The number of hydrogen-bond donors (Lipinski definition) is 2. The number of carbonyl (C=O) groups is 1. The highest BCUT2D eigenvalue weighted by molar-refractivity contribution is 5.73. The van der Waals surface area contributed by atoms with E-state index in [1.807, 2.05) is 35.4 Å². The average Bonchev–Trinajstić information content (AvgIpc) is 2.79. The quantitative estimate of drug-likeness (QED) is 0.735. The van der Waals surface area contributed by atoms with Crippen LogP contribution in [0.25, 0.3) is 11.3 Å². The number of amides is 1. The second-order valence-corrected chi connectivity index (χ2v) is 8.67. The minimum atomic E-state index is 0.176. The van der Waals surface area contributed by atoms with Crippen molar-refractivity contribution >= 4 is 17.5 Å². The summed E-state index contributed by atoms with van der Waals surface area (Å²) in [6, 6.07) is 10.8. The zero-order valence-electron chi connectivity index (χ0n) is 17.9. The number of rotatable bonds is 6. The van der Waals surface area contributed by atoms with E-state index in [9.17, 15) is 4.79 Å². The molecule has 0 radical (unpaired) electrons. The number of likely N-dealkylation sites (tertiary alicyclic amines) is 1. The molecule has 0 unspecified atom stereocenters. The zero-order chi connectivity index (χ0) is 20.8. The van der Waals surface area contributed by atoms with Crippen LogP contribution in [0, 0.1) is 5.92 Å². The number of anilines is 2. The number of carbonyl (C=O) groups excluding carboxylic acids is 1. The van der Waals surface area contributed by atoms with E-state index in [2.05, 4.69) is 21.7 Å². The standard InChI is InChI=1S/C24H33N5O/c1-18(30)29-14-6-7-19(17-29)16-26-23-11-5-10-22(28-23)20-12-13-25-24(15-20)27-21-8-3-2-4-9-21/h5,10-13,15,19,21H,2-4,6-9,14,16-17H2,1H3,(H,25,27)(H,26,28)/t19-/m0/s1. The van der Waals surface area contributed by atoms with Crippen molar-refractivity contribution in [3.63, 3.8) is 0 Å². The molecule has 2 N–H and O–H groups in total. The fraction of sp³-hybridized carbons (Fsp3) is 0.542. The highest BCUT2D eigenvalue weighted by Crippen LogP contribution is 2.25. The van der Waals surface area contributed by atoms with Gasteiger partial charge in [0.15, 0.2) is 0 Å². The van der Waals surface area contributed by atoms with Crippen LogP contribution < -0.4 is 10.6 Å². The van der Waals surface area contributed by atoms with Gasteiger partial charge in [0.25, 0.3) is 0 Å². The average molecular weight is 408 g/mol. The summed E-state index contributed by atoms with van der Waals surface area (Å²) in [6.45, 7) is 4.22. The molecule has 2 fully saturated rings. The van der Waals surface area contributed by atoms with E-state index in [1.54, 1.807) is 6.92 Å². The van der Waals surface area contributed by atoms with Gasteiger partial charge in [-0.25, -0.2) is 9.97 Å². The van der Waals surface area contributed by atoms with Gasteiger partial charge >= 0.3 is 0 Å². The van der Waals surface area contributed by atoms with Gasteiger partial charge in [0.05, 0.1) is 5.69 Å². The van der Waals surface area contributed by atoms with Gasteiger partial charge in [0.2, 0.25) is 5.91 Å². The molecule has 30 heavy (non-hydrogen) atoms. The van der Waals surface area contributed by atoms with E-state index in [1.165, 1.54) is 32.1 Å². The molecule has 3 heterocycles. The molecule has 0 spiro atoms. The molecule has 1 saturated carbocycles. The predicted molar refractivity (Wildman–Crippen MR) is 121 cm³/mol. The highest BCUT2D eigenvalue weighted by atomic mass is 16.2. The predicted octanol–water partition coefficient (Wildman–Crippen LogP) is 4.56. The normalized spacial score (nSPS) is 20.0. The highest BCUT2D eigenvalue weighted by Gasteiger charge is 2.21. The zero-order valence-corrected chi connectivity index (χ0v) is 17.9. The SMILES string of the molecule is CC(=O)N1CCC[C@@H](CNc2cccc(-c3ccnc(NC4CCCCC4)c3)n2)C1. The molecule has 160 valence electrons. The first-order valence-electron chi connectivity index (χ1n) is 11.4. The van der Waals surface area contributed by atoms with Gasteiger partial charge in [-0.15, -0.1) is 0 Å². The first-order valence-corrected chi connectivity index (χ1v) is 11.4. The third-order valence-electron chi connectivity index (χ3n) is 6.30. The van der Waals surface area contributed by atoms with Gasteiger partial charge in [0.1, 0.15) is 11.6 Å². The second kappa shape index (κ2) is 9.92. The van der Waals surface area contributed by atoms with Crippen LogP contribution in [0.2, 0.25) is 0 Å². The maximum absolute atomic E-state index is 11.7. The van der Waals surface area contributed by atoms with Gasteiger partial charge in [-0.2, -0.15) is 0 Å². The molecule has 1 amide bonds. The number of aromatic nitrogens is 2. The van der Waals surface area contributed by atoms with Crippen LogP contribution in [0.1, 0.15) is 51.9 Å². The summed E-state index contributed by atoms with van der Waals surface area (Å²) in [6.07, 6.45) is 10.5. The minimum absolute atomic E-state index is 0.176. The Morgan fingerprint density at radius 2 is 1.97 bits per heavy atom. The van der Waals surface area contributed by atoms with Crippen molar-refractivity contribution in [1.82, 2.24) is 14.9 Å².